The quantitative estimate of drug-likeness (QED) is 0.727. The van der Waals surface area contributed by atoms with Crippen molar-refractivity contribution in [1.29, 1.82) is 0 Å². The molecule has 0 aromatic rings. The third kappa shape index (κ3) is 7.62. The number of carbonyl (C=O) groups is 1. The first-order chi connectivity index (χ1) is 4.83. The molecule has 0 rings (SSSR count). The summed E-state index contributed by atoms with van der Waals surface area (Å²) in [4.78, 5) is 9.99. The molecule has 0 amide bonds. The Kier molecular flexibility index (Phi) is 6.10. The molecule has 1 atom stereocenters. The third-order valence-corrected chi connectivity index (χ3v) is 0.979. The van der Waals surface area contributed by atoms with Crippen LogP contribution in [0.1, 0.15) is 6.92 Å². The molecule has 0 unspecified atom stereocenters. The van der Waals surface area contributed by atoms with E-state index in [1.807, 2.05) is 0 Å². The highest BCUT2D eigenvalue weighted by atomic mass is 35.5. The maximum absolute atomic E-state index is 11.4. The first kappa shape index (κ1) is 14.1. The fourth-order valence-corrected chi connectivity index (χ4v) is 0.356. The predicted octanol–water partition coefficient (Wildman–Crippen LogP) is 1.03. The molecule has 7 heteroatoms. The number of carboxylic acid groups (broad SMARTS) is 1. The first-order valence-electron chi connectivity index (χ1n) is 2.86. The Morgan fingerprint density at radius 1 is 1.58 bits per heavy atom. The summed E-state index contributed by atoms with van der Waals surface area (Å²) in [6.07, 6.45) is -4.36. The van der Waals surface area contributed by atoms with Crippen molar-refractivity contribution in [2.75, 3.05) is 6.54 Å². The molecule has 3 nitrogen and oxygen atoms in total. The number of halogens is 4. The van der Waals surface area contributed by atoms with Gasteiger partial charge in [-0.1, -0.05) is 0 Å². The van der Waals surface area contributed by atoms with Gasteiger partial charge in [-0.15, -0.1) is 12.4 Å². The van der Waals surface area contributed by atoms with Crippen molar-refractivity contribution in [3.8, 4) is 0 Å². The number of nitrogens with one attached hydrogen (secondary N) is 1. The molecule has 2 N–H and O–H groups in total. The Labute approximate surface area is 73.4 Å². The standard InChI is InChI=1S/C5H8F3NO2.ClH/c1-3(4(10)11)9-2-5(6,7)8;/h3,9H,2H2,1H3,(H,10,11);1H/t3-;/m0./s1. The van der Waals surface area contributed by atoms with Crippen LogP contribution in [0.5, 0.6) is 0 Å². The maximum atomic E-state index is 11.4. The Balaban J connectivity index is 0. The van der Waals surface area contributed by atoms with Crippen LogP contribution in [-0.4, -0.2) is 29.8 Å². The Bertz CT molecular complexity index is 150. The van der Waals surface area contributed by atoms with Gasteiger partial charge in [-0.05, 0) is 6.92 Å². The van der Waals surface area contributed by atoms with Crippen molar-refractivity contribution in [2.45, 2.75) is 19.1 Å². The molecular weight excluding hydrogens is 199 g/mol. The second kappa shape index (κ2) is 5.21. The zero-order chi connectivity index (χ0) is 9.07. The molecule has 0 spiro atoms. The van der Waals surface area contributed by atoms with Gasteiger partial charge in [0, 0.05) is 0 Å². The first-order valence-corrected chi connectivity index (χ1v) is 2.86. The predicted molar refractivity (Wildman–Crippen MR) is 38.4 cm³/mol. The van der Waals surface area contributed by atoms with E-state index in [4.69, 9.17) is 5.11 Å². The van der Waals surface area contributed by atoms with Crippen molar-refractivity contribution in [3.05, 3.63) is 0 Å². The second-order valence-corrected chi connectivity index (χ2v) is 2.06. The van der Waals surface area contributed by atoms with Gasteiger partial charge in [-0.3, -0.25) is 10.1 Å². The minimum Gasteiger partial charge on any atom is -0.480 e. The fourth-order valence-electron chi connectivity index (χ4n) is 0.356. The van der Waals surface area contributed by atoms with Gasteiger partial charge in [-0.2, -0.15) is 13.2 Å². The van der Waals surface area contributed by atoms with E-state index in [-0.39, 0.29) is 12.4 Å². The zero-order valence-corrected chi connectivity index (χ0v) is 7.00. The number of hydrogen-bond donors (Lipinski definition) is 2. The van der Waals surface area contributed by atoms with Gasteiger partial charge >= 0.3 is 12.1 Å². The summed E-state index contributed by atoms with van der Waals surface area (Å²) in [7, 11) is 0. The highest BCUT2D eigenvalue weighted by Gasteiger charge is 2.28. The van der Waals surface area contributed by atoms with Gasteiger partial charge in [0.05, 0.1) is 6.54 Å². The van der Waals surface area contributed by atoms with E-state index < -0.39 is 24.7 Å². The summed E-state index contributed by atoms with van der Waals surface area (Å²) in [5.74, 6) is -1.30. The van der Waals surface area contributed by atoms with E-state index in [0.717, 1.165) is 6.92 Å². The van der Waals surface area contributed by atoms with Crippen LogP contribution in [0, 0.1) is 0 Å². The van der Waals surface area contributed by atoms with Crippen LogP contribution in [0.3, 0.4) is 0 Å². The summed E-state index contributed by atoms with van der Waals surface area (Å²) in [6.45, 7) is -0.130. The van der Waals surface area contributed by atoms with Crippen LogP contribution in [0.2, 0.25) is 0 Å². The van der Waals surface area contributed by atoms with E-state index in [2.05, 4.69) is 0 Å². The van der Waals surface area contributed by atoms with Crippen LogP contribution in [0.15, 0.2) is 0 Å². The molecule has 0 aliphatic carbocycles. The molecule has 74 valence electrons. The van der Waals surface area contributed by atoms with E-state index in [1.165, 1.54) is 0 Å². The number of alkyl halides is 3. The zero-order valence-electron chi connectivity index (χ0n) is 6.18. The Hall–Kier alpha value is -0.490. The minimum atomic E-state index is -4.36. The molecule has 12 heavy (non-hydrogen) atoms. The van der Waals surface area contributed by atoms with E-state index in [1.54, 1.807) is 5.32 Å². The Morgan fingerprint density at radius 3 is 2.25 bits per heavy atom. The van der Waals surface area contributed by atoms with Crippen LogP contribution in [0.4, 0.5) is 13.2 Å². The van der Waals surface area contributed by atoms with Gasteiger partial charge in [0.25, 0.3) is 0 Å². The molecule has 0 aliphatic rings. The average molecular weight is 208 g/mol. The number of aliphatic carboxylic acids is 1. The lowest BCUT2D eigenvalue weighted by Gasteiger charge is -2.10. The van der Waals surface area contributed by atoms with E-state index in [9.17, 15) is 18.0 Å². The van der Waals surface area contributed by atoms with Crippen LogP contribution in [-0.2, 0) is 4.79 Å². The van der Waals surface area contributed by atoms with Crippen molar-refractivity contribution in [2.24, 2.45) is 0 Å². The second-order valence-electron chi connectivity index (χ2n) is 2.06. The van der Waals surface area contributed by atoms with E-state index >= 15 is 0 Å². The van der Waals surface area contributed by atoms with E-state index in [0.29, 0.717) is 0 Å². The molecule has 0 fully saturated rings. The van der Waals surface area contributed by atoms with Gasteiger partial charge in [0.1, 0.15) is 6.04 Å². The largest absolute Gasteiger partial charge is 0.480 e. The average Bonchev–Trinajstić information content (AvgIpc) is 1.80. The highest BCUT2D eigenvalue weighted by Crippen LogP contribution is 2.12. The molecule has 0 bridgehead atoms. The summed E-state index contributed by atoms with van der Waals surface area (Å²) in [6, 6.07) is -1.17. The normalized spacial score (nSPS) is 13.3. The van der Waals surface area contributed by atoms with Gasteiger partial charge in [-0.25, -0.2) is 0 Å². The SMILES string of the molecule is C[C@H](NCC(F)(F)F)C(=O)O.Cl. The van der Waals surface area contributed by atoms with Crippen LogP contribution < -0.4 is 5.32 Å². The number of carboxylic acids is 1. The van der Waals surface area contributed by atoms with Crippen molar-refractivity contribution >= 4 is 18.4 Å². The molecule has 0 radical (unpaired) electrons. The fraction of sp³-hybridized carbons (Fsp3) is 0.800. The smallest absolute Gasteiger partial charge is 0.401 e. The highest BCUT2D eigenvalue weighted by molar-refractivity contribution is 5.85. The summed E-state index contributed by atoms with van der Waals surface area (Å²) in [5.41, 5.74) is 0. The third-order valence-electron chi connectivity index (χ3n) is 0.979. The molecule has 0 aromatic carbocycles. The van der Waals surface area contributed by atoms with Crippen molar-refractivity contribution < 1.29 is 23.1 Å². The summed E-state index contributed by atoms with van der Waals surface area (Å²) >= 11 is 0. The number of hydrogen-bond acceptors (Lipinski definition) is 2. The molecule has 0 aliphatic heterocycles. The lowest BCUT2D eigenvalue weighted by atomic mass is 10.3. The molecule has 0 heterocycles. The molecule has 0 saturated carbocycles. The minimum absolute atomic E-state index is 0. The molecule has 0 aromatic heterocycles. The molecule has 0 saturated heterocycles. The molecular formula is C5H9ClF3NO2. The van der Waals surface area contributed by atoms with Crippen molar-refractivity contribution in [1.82, 2.24) is 5.32 Å². The maximum Gasteiger partial charge on any atom is 0.401 e. The topological polar surface area (TPSA) is 49.3 Å². The van der Waals surface area contributed by atoms with Crippen LogP contribution in [0.25, 0.3) is 0 Å². The van der Waals surface area contributed by atoms with Crippen molar-refractivity contribution in [3.63, 3.8) is 0 Å². The summed E-state index contributed by atoms with van der Waals surface area (Å²) < 4.78 is 34.3. The number of rotatable bonds is 3. The van der Waals surface area contributed by atoms with Gasteiger partial charge in [0.15, 0.2) is 0 Å². The lowest BCUT2D eigenvalue weighted by Crippen LogP contribution is -2.39. The lowest BCUT2D eigenvalue weighted by molar-refractivity contribution is -0.142. The Morgan fingerprint density at radius 2 is 2.00 bits per heavy atom. The van der Waals surface area contributed by atoms with Gasteiger partial charge < -0.3 is 5.11 Å². The summed E-state index contributed by atoms with van der Waals surface area (Å²) in [5, 5.41) is 9.95. The van der Waals surface area contributed by atoms with Crippen LogP contribution >= 0.6 is 12.4 Å². The monoisotopic (exact) mass is 207 g/mol. The van der Waals surface area contributed by atoms with Gasteiger partial charge in [0.2, 0.25) is 0 Å².